The molecule has 0 fully saturated rings. The van der Waals surface area contributed by atoms with Gasteiger partial charge in [0.2, 0.25) is 12.7 Å². The number of anilines is 2. The predicted molar refractivity (Wildman–Crippen MR) is 116 cm³/mol. The lowest BCUT2D eigenvalue weighted by Gasteiger charge is -2.19. The van der Waals surface area contributed by atoms with Gasteiger partial charge in [-0.3, -0.25) is 0 Å². The highest BCUT2D eigenvalue weighted by atomic mass is 16.7. The highest BCUT2D eigenvalue weighted by molar-refractivity contribution is 5.64. The van der Waals surface area contributed by atoms with Crippen LogP contribution in [0.15, 0.2) is 54.6 Å². The van der Waals surface area contributed by atoms with Gasteiger partial charge in [-0.2, -0.15) is 4.98 Å². The molecule has 0 unspecified atom stereocenters. The summed E-state index contributed by atoms with van der Waals surface area (Å²) in [5, 5.41) is 3.37. The van der Waals surface area contributed by atoms with Crippen molar-refractivity contribution in [2.24, 2.45) is 0 Å². The van der Waals surface area contributed by atoms with E-state index < -0.39 is 0 Å². The van der Waals surface area contributed by atoms with E-state index in [0.717, 1.165) is 53.5 Å². The fourth-order valence-electron chi connectivity index (χ4n) is 3.21. The monoisotopic (exact) mass is 390 g/mol. The first-order valence-corrected chi connectivity index (χ1v) is 10.0. The third-order valence-electron chi connectivity index (χ3n) is 4.91. The number of nitrogens with one attached hydrogen (secondary N) is 1. The molecule has 2 aromatic carbocycles. The molecule has 29 heavy (non-hydrogen) atoms. The number of aromatic nitrogens is 2. The number of nitrogens with zero attached hydrogens (tertiary/aromatic N) is 3. The normalized spacial score (nSPS) is 12.1. The second-order valence-electron chi connectivity index (χ2n) is 7.12. The van der Waals surface area contributed by atoms with E-state index in [-0.39, 0.29) is 6.79 Å². The van der Waals surface area contributed by atoms with Crippen LogP contribution >= 0.6 is 0 Å². The first-order valence-electron chi connectivity index (χ1n) is 10.0. The van der Waals surface area contributed by atoms with Crippen molar-refractivity contribution in [3.05, 3.63) is 60.2 Å². The van der Waals surface area contributed by atoms with Gasteiger partial charge >= 0.3 is 0 Å². The maximum atomic E-state index is 5.47. The molecule has 3 aromatic rings. The molecule has 1 aliphatic rings. The zero-order valence-corrected chi connectivity index (χ0v) is 16.9. The van der Waals surface area contributed by atoms with Crippen LogP contribution in [0.4, 0.5) is 11.8 Å². The molecule has 0 spiro atoms. The summed E-state index contributed by atoms with van der Waals surface area (Å²) in [7, 11) is 2.08. The smallest absolute Gasteiger partial charge is 0.231 e. The molecule has 0 atom stereocenters. The molecule has 4 rings (SSSR count). The molecule has 2 heterocycles. The van der Waals surface area contributed by atoms with Crippen LogP contribution in [0.5, 0.6) is 11.5 Å². The minimum absolute atomic E-state index is 0.280. The van der Waals surface area contributed by atoms with Crippen molar-refractivity contribution in [3.8, 4) is 22.8 Å². The minimum atomic E-state index is 0.280. The largest absolute Gasteiger partial charge is 0.454 e. The number of hydrogen-bond donors (Lipinski definition) is 1. The Morgan fingerprint density at radius 2 is 1.83 bits per heavy atom. The molecule has 1 aliphatic heterocycles. The lowest BCUT2D eigenvalue weighted by molar-refractivity contribution is 0.174. The Morgan fingerprint density at radius 3 is 2.66 bits per heavy atom. The van der Waals surface area contributed by atoms with E-state index in [9.17, 15) is 0 Å². The van der Waals surface area contributed by atoms with Crippen LogP contribution in [0.2, 0.25) is 0 Å². The van der Waals surface area contributed by atoms with Crippen molar-refractivity contribution in [2.45, 2.75) is 26.3 Å². The zero-order valence-electron chi connectivity index (χ0n) is 16.9. The average Bonchev–Trinajstić information content (AvgIpc) is 3.24. The van der Waals surface area contributed by atoms with Gasteiger partial charge in [-0.1, -0.05) is 49.7 Å². The summed E-state index contributed by atoms with van der Waals surface area (Å²) in [6, 6.07) is 18.2. The van der Waals surface area contributed by atoms with Crippen LogP contribution in [0.3, 0.4) is 0 Å². The van der Waals surface area contributed by atoms with Crippen molar-refractivity contribution in [1.29, 1.82) is 0 Å². The van der Waals surface area contributed by atoms with Gasteiger partial charge in [-0.25, -0.2) is 4.98 Å². The Hall–Kier alpha value is -3.28. The van der Waals surface area contributed by atoms with E-state index in [4.69, 9.17) is 19.4 Å². The highest BCUT2D eigenvalue weighted by Gasteiger charge is 2.14. The average molecular weight is 390 g/mol. The molecule has 0 saturated carbocycles. The Bertz CT molecular complexity index is 962. The van der Waals surface area contributed by atoms with Crippen molar-refractivity contribution < 1.29 is 9.47 Å². The van der Waals surface area contributed by atoms with Crippen molar-refractivity contribution in [1.82, 2.24) is 9.97 Å². The Labute approximate surface area is 171 Å². The second kappa shape index (κ2) is 8.82. The van der Waals surface area contributed by atoms with E-state index in [1.165, 1.54) is 0 Å². The Morgan fingerprint density at radius 1 is 1.00 bits per heavy atom. The third-order valence-corrected chi connectivity index (χ3v) is 4.91. The fraction of sp³-hybridized carbons (Fsp3) is 0.304. The molecule has 0 radical (unpaired) electrons. The molecule has 0 amide bonds. The van der Waals surface area contributed by atoms with E-state index in [1.807, 2.05) is 36.4 Å². The first-order chi connectivity index (χ1) is 14.2. The number of hydrogen-bond acceptors (Lipinski definition) is 6. The molecule has 0 bridgehead atoms. The molecule has 1 aromatic heterocycles. The Kier molecular flexibility index (Phi) is 5.79. The molecule has 6 nitrogen and oxygen atoms in total. The fourth-order valence-corrected chi connectivity index (χ4v) is 3.21. The first kappa shape index (κ1) is 19.1. The standard InChI is InChI=1S/C23H26N4O2/c1-3-4-12-27(2)22-14-19(18-8-6-5-7-9-18)25-23(26-22)24-15-17-10-11-20-21(13-17)29-16-28-20/h5-11,13-14H,3-4,12,15-16H2,1-2H3,(H,24,25,26). The number of unbranched alkanes of at least 4 members (excludes halogenated alkanes) is 1. The summed E-state index contributed by atoms with van der Waals surface area (Å²) in [6.45, 7) is 4.04. The van der Waals surface area contributed by atoms with E-state index in [0.29, 0.717) is 12.5 Å². The maximum Gasteiger partial charge on any atom is 0.231 e. The number of benzene rings is 2. The second-order valence-corrected chi connectivity index (χ2v) is 7.12. The van der Waals surface area contributed by atoms with E-state index in [2.05, 4.69) is 42.4 Å². The summed E-state index contributed by atoms with van der Waals surface area (Å²) >= 11 is 0. The number of rotatable bonds is 8. The van der Waals surface area contributed by atoms with E-state index in [1.54, 1.807) is 0 Å². The van der Waals surface area contributed by atoms with Crippen LogP contribution in [-0.2, 0) is 6.54 Å². The van der Waals surface area contributed by atoms with Crippen LogP contribution in [-0.4, -0.2) is 30.4 Å². The molecular weight excluding hydrogens is 364 g/mol. The molecule has 1 N–H and O–H groups in total. The highest BCUT2D eigenvalue weighted by Crippen LogP contribution is 2.32. The predicted octanol–water partition coefficient (Wildman–Crippen LogP) is 4.72. The van der Waals surface area contributed by atoms with Gasteiger partial charge in [0.05, 0.1) is 5.69 Å². The minimum Gasteiger partial charge on any atom is -0.454 e. The number of fused-ring (bicyclic) bond motifs is 1. The number of ether oxygens (including phenoxy) is 2. The SMILES string of the molecule is CCCCN(C)c1cc(-c2ccccc2)nc(NCc2ccc3c(c2)OCO3)n1. The summed E-state index contributed by atoms with van der Waals surface area (Å²) in [4.78, 5) is 11.7. The van der Waals surface area contributed by atoms with Crippen LogP contribution in [0.25, 0.3) is 11.3 Å². The van der Waals surface area contributed by atoms with Gasteiger partial charge in [0.1, 0.15) is 5.82 Å². The van der Waals surface area contributed by atoms with Gasteiger partial charge in [0.25, 0.3) is 0 Å². The Balaban J connectivity index is 1.57. The zero-order chi connectivity index (χ0) is 20.1. The van der Waals surface area contributed by atoms with Crippen LogP contribution in [0.1, 0.15) is 25.3 Å². The quantitative estimate of drug-likeness (QED) is 0.600. The molecule has 0 saturated heterocycles. The van der Waals surface area contributed by atoms with Crippen molar-refractivity contribution in [2.75, 3.05) is 30.6 Å². The lowest BCUT2D eigenvalue weighted by atomic mass is 10.1. The summed E-state index contributed by atoms with van der Waals surface area (Å²) < 4.78 is 10.9. The van der Waals surface area contributed by atoms with Crippen molar-refractivity contribution in [3.63, 3.8) is 0 Å². The maximum absolute atomic E-state index is 5.47. The van der Waals surface area contributed by atoms with E-state index >= 15 is 0 Å². The summed E-state index contributed by atoms with van der Waals surface area (Å²) in [5.74, 6) is 3.10. The molecule has 6 heteroatoms. The van der Waals surface area contributed by atoms with Gasteiger partial charge < -0.3 is 19.7 Å². The summed E-state index contributed by atoms with van der Waals surface area (Å²) in [5.41, 5.74) is 3.07. The van der Waals surface area contributed by atoms with Gasteiger partial charge in [0.15, 0.2) is 11.5 Å². The van der Waals surface area contributed by atoms with Crippen molar-refractivity contribution >= 4 is 11.8 Å². The third kappa shape index (κ3) is 4.59. The molecule has 150 valence electrons. The van der Waals surface area contributed by atoms with Gasteiger partial charge in [0, 0.05) is 31.8 Å². The lowest BCUT2D eigenvalue weighted by Crippen LogP contribution is -2.20. The van der Waals surface area contributed by atoms with Gasteiger partial charge in [-0.15, -0.1) is 0 Å². The molecular formula is C23H26N4O2. The molecule has 0 aliphatic carbocycles. The van der Waals surface area contributed by atoms with Gasteiger partial charge in [-0.05, 0) is 24.1 Å². The van der Waals surface area contributed by atoms with Crippen LogP contribution < -0.4 is 19.7 Å². The topological polar surface area (TPSA) is 59.5 Å². The summed E-state index contributed by atoms with van der Waals surface area (Å²) in [6.07, 6.45) is 2.28. The van der Waals surface area contributed by atoms with Crippen LogP contribution in [0, 0.1) is 0 Å².